The number of ether oxygens (including phenoxy) is 1. The molecule has 0 bridgehead atoms. The highest BCUT2D eigenvalue weighted by atomic mass is 32.1. The Morgan fingerprint density at radius 3 is 3.07 bits per heavy atom. The molecule has 2 rings (SSSR count). The summed E-state index contributed by atoms with van der Waals surface area (Å²) in [5.41, 5.74) is 0.706. The first-order valence-corrected chi connectivity index (χ1v) is 4.39. The number of nitrogens with one attached hydrogen (secondary N) is 1. The number of hydrogen-bond donors (Lipinski definition) is 1. The summed E-state index contributed by atoms with van der Waals surface area (Å²) in [6.45, 7) is 0. The van der Waals surface area contributed by atoms with Crippen LogP contribution in [-0.2, 0) is 0 Å². The number of methoxy groups -OCH3 is 1. The first-order valence-electron chi connectivity index (χ1n) is 3.98. The minimum atomic E-state index is 0.414. The van der Waals surface area contributed by atoms with Gasteiger partial charge in [-0.05, 0) is 12.1 Å². The summed E-state index contributed by atoms with van der Waals surface area (Å²) < 4.78 is 10.8. The summed E-state index contributed by atoms with van der Waals surface area (Å²) in [6.07, 6.45) is 3.11. The number of nitrogens with zero attached hydrogens (tertiary/aromatic N) is 1. The lowest BCUT2D eigenvalue weighted by Gasteiger charge is -2.04. The van der Waals surface area contributed by atoms with E-state index in [0.717, 1.165) is 0 Å². The molecule has 1 N–H and O–H groups in total. The zero-order valence-electron chi connectivity index (χ0n) is 7.48. The van der Waals surface area contributed by atoms with Crippen molar-refractivity contribution < 1.29 is 9.15 Å². The predicted molar refractivity (Wildman–Crippen MR) is 53.7 cm³/mol. The van der Waals surface area contributed by atoms with Crippen molar-refractivity contribution in [2.24, 2.45) is 0 Å². The Balaban J connectivity index is 2.64. The van der Waals surface area contributed by atoms with Crippen molar-refractivity contribution in [1.82, 2.24) is 9.97 Å². The van der Waals surface area contributed by atoms with Gasteiger partial charge in [0.05, 0.1) is 19.7 Å². The third kappa shape index (κ3) is 1.42. The van der Waals surface area contributed by atoms with E-state index in [9.17, 15) is 0 Å². The summed E-state index contributed by atoms with van der Waals surface area (Å²) in [5, 5.41) is 0. The highest BCUT2D eigenvalue weighted by Crippen LogP contribution is 2.27. The van der Waals surface area contributed by atoms with Crippen LogP contribution in [0.2, 0.25) is 0 Å². The van der Waals surface area contributed by atoms with Crippen molar-refractivity contribution in [2.45, 2.75) is 0 Å². The molecule has 0 aliphatic carbocycles. The van der Waals surface area contributed by atoms with Crippen molar-refractivity contribution in [3.05, 3.63) is 29.4 Å². The topological polar surface area (TPSA) is 51.0 Å². The van der Waals surface area contributed by atoms with Crippen LogP contribution in [0.4, 0.5) is 0 Å². The molecule has 0 unspecified atom stereocenters. The molecule has 0 saturated heterocycles. The van der Waals surface area contributed by atoms with Crippen LogP contribution >= 0.6 is 12.2 Å². The van der Waals surface area contributed by atoms with E-state index in [0.29, 0.717) is 21.8 Å². The monoisotopic (exact) mass is 208 g/mol. The molecule has 0 aliphatic heterocycles. The Bertz CT molecular complexity index is 476. The zero-order valence-corrected chi connectivity index (χ0v) is 8.30. The first kappa shape index (κ1) is 8.96. The number of aromatic amines is 1. The highest BCUT2D eigenvalue weighted by molar-refractivity contribution is 7.71. The van der Waals surface area contributed by atoms with E-state index in [1.54, 1.807) is 19.4 Å². The van der Waals surface area contributed by atoms with E-state index in [-0.39, 0.29) is 0 Å². The van der Waals surface area contributed by atoms with Crippen LogP contribution in [0.5, 0.6) is 5.75 Å². The molecule has 0 radical (unpaired) electrons. The number of H-pyrrole nitrogens is 1. The second-order valence-electron chi connectivity index (χ2n) is 2.59. The molecule has 2 heterocycles. The van der Waals surface area contributed by atoms with Crippen LogP contribution in [0, 0.1) is 4.64 Å². The average Bonchev–Trinajstić information content (AvgIpc) is 2.70. The van der Waals surface area contributed by atoms with E-state index in [4.69, 9.17) is 21.4 Å². The van der Waals surface area contributed by atoms with Crippen LogP contribution in [0.25, 0.3) is 11.5 Å². The quantitative estimate of drug-likeness (QED) is 0.770. The SMILES string of the molecule is COc1c(-c2ccco2)[nH]cnc1=S. The Kier molecular flexibility index (Phi) is 2.32. The summed E-state index contributed by atoms with van der Waals surface area (Å²) in [6, 6.07) is 3.62. The summed E-state index contributed by atoms with van der Waals surface area (Å²) >= 11 is 5.01. The fourth-order valence-electron chi connectivity index (χ4n) is 1.18. The van der Waals surface area contributed by atoms with Gasteiger partial charge >= 0.3 is 0 Å². The molecule has 0 saturated carbocycles. The molecule has 0 spiro atoms. The predicted octanol–water partition coefficient (Wildman–Crippen LogP) is 2.41. The van der Waals surface area contributed by atoms with Crippen LogP contribution in [0.15, 0.2) is 29.1 Å². The van der Waals surface area contributed by atoms with Crippen molar-refractivity contribution in [2.75, 3.05) is 7.11 Å². The molecule has 14 heavy (non-hydrogen) atoms. The van der Waals surface area contributed by atoms with Gasteiger partial charge < -0.3 is 14.1 Å². The van der Waals surface area contributed by atoms with E-state index < -0.39 is 0 Å². The molecule has 0 fully saturated rings. The Morgan fingerprint density at radius 1 is 1.57 bits per heavy atom. The normalized spacial score (nSPS) is 10.1. The summed E-state index contributed by atoms with van der Waals surface area (Å²) in [4.78, 5) is 6.85. The molecule has 0 amide bonds. The van der Waals surface area contributed by atoms with Gasteiger partial charge in [0.2, 0.25) is 0 Å². The number of furan rings is 1. The van der Waals surface area contributed by atoms with Crippen molar-refractivity contribution in [3.8, 4) is 17.2 Å². The van der Waals surface area contributed by atoms with Gasteiger partial charge in [-0.1, -0.05) is 12.2 Å². The van der Waals surface area contributed by atoms with Gasteiger partial charge in [-0.3, -0.25) is 0 Å². The van der Waals surface area contributed by atoms with Gasteiger partial charge in [0.1, 0.15) is 5.69 Å². The minimum absolute atomic E-state index is 0.414. The zero-order chi connectivity index (χ0) is 9.97. The Morgan fingerprint density at radius 2 is 2.43 bits per heavy atom. The molecular weight excluding hydrogens is 200 g/mol. The van der Waals surface area contributed by atoms with Crippen LogP contribution in [-0.4, -0.2) is 17.1 Å². The van der Waals surface area contributed by atoms with E-state index in [1.165, 1.54) is 6.33 Å². The maximum absolute atomic E-state index is 5.23. The van der Waals surface area contributed by atoms with Crippen LogP contribution < -0.4 is 4.74 Å². The molecule has 2 aromatic rings. The van der Waals surface area contributed by atoms with Crippen molar-refractivity contribution in [3.63, 3.8) is 0 Å². The van der Waals surface area contributed by atoms with Gasteiger partial charge in [0, 0.05) is 0 Å². The number of rotatable bonds is 2. The van der Waals surface area contributed by atoms with Gasteiger partial charge in [-0.2, -0.15) is 0 Å². The van der Waals surface area contributed by atoms with E-state index in [1.807, 2.05) is 6.07 Å². The first-order chi connectivity index (χ1) is 6.83. The lowest BCUT2D eigenvalue weighted by Crippen LogP contribution is -1.93. The third-order valence-electron chi connectivity index (χ3n) is 1.78. The summed E-state index contributed by atoms with van der Waals surface area (Å²) in [5.74, 6) is 1.20. The standard InChI is InChI=1S/C9H8N2O2S/c1-12-8-7(6-3-2-4-13-6)10-5-11-9(8)14/h2-5H,1H3,(H,10,11,14). The van der Waals surface area contributed by atoms with Gasteiger partial charge in [-0.15, -0.1) is 0 Å². The molecule has 0 aromatic carbocycles. The maximum atomic E-state index is 5.23. The largest absolute Gasteiger partial charge is 0.491 e. The van der Waals surface area contributed by atoms with E-state index in [2.05, 4.69) is 9.97 Å². The lowest BCUT2D eigenvalue weighted by molar-refractivity contribution is 0.408. The van der Waals surface area contributed by atoms with E-state index >= 15 is 0 Å². The molecule has 5 heteroatoms. The van der Waals surface area contributed by atoms with Gasteiger partial charge in [0.25, 0.3) is 0 Å². The van der Waals surface area contributed by atoms with Crippen molar-refractivity contribution >= 4 is 12.2 Å². The fourth-order valence-corrected chi connectivity index (χ4v) is 1.42. The van der Waals surface area contributed by atoms with Crippen LogP contribution in [0.3, 0.4) is 0 Å². The molecule has 4 nitrogen and oxygen atoms in total. The lowest BCUT2D eigenvalue weighted by atomic mass is 10.3. The minimum Gasteiger partial charge on any atom is -0.491 e. The Labute approximate surface area is 85.6 Å². The second kappa shape index (κ2) is 3.63. The highest BCUT2D eigenvalue weighted by Gasteiger charge is 2.10. The molecule has 72 valence electrons. The van der Waals surface area contributed by atoms with Crippen molar-refractivity contribution in [1.29, 1.82) is 0 Å². The molecule has 0 atom stereocenters. The van der Waals surface area contributed by atoms with Crippen LogP contribution in [0.1, 0.15) is 0 Å². The number of aromatic nitrogens is 2. The smallest absolute Gasteiger partial charge is 0.183 e. The Hall–Kier alpha value is -1.62. The third-order valence-corrected chi connectivity index (χ3v) is 2.07. The molecular formula is C9H8N2O2S. The fraction of sp³-hybridized carbons (Fsp3) is 0.111. The summed E-state index contributed by atoms with van der Waals surface area (Å²) in [7, 11) is 1.55. The van der Waals surface area contributed by atoms with Gasteiger partial charge in [-0.25, -0.2) is 4.98 Å². The average molecular weight is 208 g/mol. The van der Waals surface area contributed by atoms with Gasteiger partial charge in [0.15, 0.2) is 16.2 Å². The molecule has 2 aromatic heterocycles. The number of hydrogen-bond acceptors (Lipinski definition) is 4. The molecule has 0 aliphatic rings. The second-order valence-corrected chi connectivity index (χ2v) is 2.98. The maximum Gasteiger partial charge on any atom is 0.183 e.